The highest BCUT2D eigenvalue weighted by molar-refractivity contribution is 6.28. The van der Waals surface area contributed by atoms with Crippen LogP contribution in [0.2, 0.25) is 5.28 Å². The molecule has 3 heterocycles. The van der Waals surface area contributed by atoms with Gasteiger partial charge in [-0.15, -0.1) is 0 Å². The smallest absolute Gasteiger partial charge is 0.339 e. The molecule has 0 bridgehead atoms. The number of aromatic nitrogens is 6. The molecule has 186 valence electrons. The summed E-state index contributed by atoms with van der Waals surface area (Å²) in [6.45, 7) is 2.49. The van der Waals surface area contributed by atoms with Crippen LogP contribution in [0.15, 0.2) is 38.4 Å². The lowest BCUT2D eigenvalue weighted by Crippen LogP contribution is -2.40. The Morgan fingerprint density at radius 1 is 1.11 bits per heavy atom. The summed E-state index contributed by atoms with van der Waals surface area (Å²) >= 11 is 5.93. The third kappa shape index (κ3) is 5.47. The quantitative estimate of drug-likeness (QED) is 0.341. The molecule has 1 aromatic carbocycles. The van der Waals surface area contributed by atoms with Crippen molar-refractivity contribution in [1.82, 2.24) is 29.2 Å². The SMILES string of the molecule is CCCCn1c(=O)n(CCCc2noc(Cc3cccc(C(F)(F)F)c3)n2)c(=O)c2[nH]c(Cl)nc21. The summed E-state index contributed by atoms with van der Waals surface area (Å²) in [5, 5.41) is 3.89. The molecule has 9 nitrogen and oxygen atoms in total. The first kappa shape index (κ1) is 24.7. The van der Waals surface area contributed by atoms with Crippen LogP contribution in [-0.2, 0) is 32.1 Å². The predicted octanol–water partition coefficient (Wildman–Crippen LogP) is 3.97. The van der Waals surface area contributed by atoms with Gasteiger partial charge in [-0.05, 0) is 36.1 Å². The molecule has 0 aliphatic rings. The molecule has 0 spiro atoms. The van der Waals surface area contributed by atoms with Gasteiger partial charge in [0.05, 0.1) is 12.0 Å². The Kier molecular flexibility index (Phi) is 7.10. The highest BCUT2D eigenvalue weighted by Crippen LogP contribution is 2.29. The van der Waals surface area contributed by atoms with Crippen LogP contribution in [0.4, 0.5) is 13.2 Å². The lowest BCUT2D eigenvalue weighted by Gasteiger charge is -2.10. The molecule has 4 rings (SSSR count). The molecule has 3 aromatic heterocycles. The summed E-state index contributed by atoms with van der Waals surface area (Å²) < 4.78 is 46.4. The van der Waals surface area contributed by atoms with Gasteiger partial charge >= 0.3 is 11.9 Å². The van der Waals surface area contributed by atoms with E-state index in [1.807, 2.05) is 6.92 Å². The molecule has 1 N–H and O–H groups in total. The molecular formula is C22H22ClF3N6O3. The van der Waals surface area contributed by atoms with Crippen LogP contribution in [0.25, 0.3) is 11.2 Å². The molecule has 13 heteroatoms. The van der Waals surface area contributed by atoms with Crippen molar-refractivity contribution >= 4 is 22.8 Å². The van der Waals surface area contributed by atoms with E-state index in [-0.39, 0.29) is 35.3 Å². The predicted molar refractivity (Wildman–Crippen MR) is 121 cm³/mol. The lowest BCUT2D eigenvalue weighted by molar-refractivity contribution is -0.137. The fourth-order valence-electron chi connectivity index (χ4n) is 3.74. The third-order valence-electron chi connectivity index (χ3n) is 5.47. The number of aromatic amines is 1. The van der Waals surface area contributed by atoms with E-state index >= 15 is 0 Å². The van der Waals surface area contributed by atoms with E-state index < -0.39 is 23.0 Å². The van der Waals surface area contributed by atoms with E-state index in [0.717, 1.165) is 29.5 Å². The maximum absolute atomic E-state index is 13.0. The van der Waals surface area contributed by atoms with Gasteiger partial charge < -0.3 is 9.51 Å². The van der Waals surface area contributed by atoms with Crippen molar-refractivity contribution in [2.45, 2.75) is 58.3 Å². The fourth-order valence-corrected chi connectivity index (χ4v) is 3.92. The van der Waals surface area contributed by atoms with Gasteiger partial charge in [-0.3, -0.25) is 13.9 Å². The van der Waals surface area contributed by atoms with E-state index in [4.69, 9.17) is 16.1 Å². The average molecular weight is 511 g/mol. The van der Waals surface area contributed by atoms with Crippen molar-refractivity contribution in [2.24, 2.45) is 0 Å². The number of H-pyrrole nitrogens is 1. The molecule has 0 aliphatic heterocycles. The van der Waals surface area contributed by atoms with Gasteiger partial charge in [0.1, 0.15) is 0 Å². The molecule has 0 unspecified atom stereocenters. The fraction of sp³-hybridized carbons (Fsp3) is 0.409. The zero-order chi connectivity index (χ0) is 25.2. The Labute approximate surface area is 201 Å². The number of aryl methyl sites for hydroxylation is 2. The topological polar surface area (TPSA) is 112 Å². The third-order valence-corrected chi connectivity index (χ3v) is 5.65. The minimum absolute atomic E-state index is 0.0274. The van der Waals surface area contributed by atoms with Gasteiger partial charge in [-0.1, -0.05) is 36.7 Å². The molecule has 4 aromatic rings. The van der Waals surface area contributed by atoms with Crippen LogP contribution in [0.1, 0.15) is 49.0 Å². The highest BCUT2D eigenvalue weighted by Gasteiger charge is 2.30. The van der Waals surface area contributed by atoms with Crippen LogP contribution in [-0.4, -0.2) is 29.2 Å². The van der Waals surface area contributed by atoms with Crippen LogP contribution >= 0.6 is 11.6 Å². The number of unbranched alkanes of at least 4 members (excludes halogenated alkanes) is 1. The van der Waals surface area contributed by atoms with E-state index in [0.29, 0.717) is 30.8 Å². The number of fused-ring (bicyclic) bond motifs is 1. The highest BCUT2D eigenvalue weighted by atomic mass is 35.5. The standard InChI is InChI=1S/C22H22ClF3N6O3/c1-2-3-9-31-18-17(28-20(23)29-18)19(33)32(21(31)34)10-5-8-15-27-16(35-30-15)12-13-6-4-7-14(11-13)22(24,25)26/h4,6-7,11H,2-3,5,8-10,12H2,1H3,(H,28,29). The van der Waals surface area contributed by atoms with Crippen LogP contribution in [0.5, 0.6) is 0 Å². The first-order valence-corrected chi connectivity index (χ1v) is 11.4. The normalized spacial score (nSPS) is 12.0. The zero-order valence-corrected chi connectivity index (χ0v) is 19.5. The van der Waals surface area contributed by atoms with Crippen LogP contribution in [0.3, 0.4) is 0 Å². The van der Waals surface area contributed by atoms with Crippen LogP contribution < -0.4 is 11.2 Å². The Morgan fingerprint density at radius 2 is 1.89 bits per heavy atom. The number of nitrogens with one attached hydrogen (secondary N) is 1. The summed E-state index contributed by atoms with van der Waals surface area (Å²) in [4.78, 5) is 36.8. The summed E-state index contributed by atoms with van der Waals surface area (Å²) in [5.74, 6) is 0.504. The maximum atomic E-state index is 13.0. The molecule has 0 saturated heterocycles. The minimum Gasteiger partial charge on any atom is -0.339 e. The minimum atomic E-state index is -4.44. The van der Waals surface area contributed by atoms with E-state index in [1.54, 1.807) is 6.07 Å². The molecule has 0 saturated carbocycles. The molecular weight excluding hydrogens is 489 g/mol. The molecule has 0 atom stereocenters. The summed E-state index contributed by atoms with van der Waals surface area (Å²) in [7, 11) is 0. The number of benzene rings is 1. The number of alkyl halides is 3. The van der Waals surface area contributed by atoms with Gasteiger partial charge in [-0.25, -0.2) is 4.79 Å². The second-order valence-electron chi connectivity index (χ2n) is 8.05. The van der Waals surface area contributed by atoms with Gasteiger partial charge in [0.25, 0.3) is 5.56 Å². The van der Waals surface area contributed by atoms with Crippen molar-refractivity contribution in [3.63, 3.8) is 0 Å². The summed E-state index contributed by atoms with van der Waals surface area (Å²) in [6, 6.07) is 4.91. The monoisotopic (exact) mass is 510 g/mol. The van der Waals surface area contributed by atoms with Gasteiger partial charge in [-0.2, -0.15) is 23.1 Å². The number of hydrogen-bond donors (Lipinski definition) is 1. The zero-order valence-electron chi connectivity index (χ0n) is 18.7. The van der Waals surface area contributed by atoms with Crippen molar-refractivity contribution in [1.29, 1.82) is 0 Å². The van der Waals surface area contributed by atoms with Gasteiger partial charge in [0, 0.05) is 19.5 Å². The summed E-state index contributed by atoms with van der Waals surface area (Å²) in [6.07, 6.45) is -2.14. The maximum Gasteiger partial charge on any atom is 0.416 e. The van der Waals surface area contributed by atoms with Crippen LogP contribution in [0, 0.1) is 0 Å². The largest absolute Gasteiger partial charge is 0.416 e. The van der Waals surface area contributed by atoms with Crippen molar-refractivity contribution in [2.75, 3.05) is 0 Å². The molecule has 0 radical (unpaired) electrons. The molecule has 0 fully saturated rings. The van der Waals surface area contributed by atoms with Crippen molar-refractivity contribution in [3.8, 4) is 0 Å². The van der Waals surface area contributed by atoms with Crippen molar-refractivity contribution in [3.05, 3.63) is 73.2 Å². The number of rotatable bonds is 9. The molecule has 35 heavy (non-hydrogen) atoms. The second kappa shape index (κ2) is 10.1. The number of halogens is 4. The Morgan fingerprint density at radius 3 is 2.63 bits per heavy atom. The summed E-state index contributed by atoms with van der Waals surface area (Å²) in [5.41, 5.74) is -0.963. The van der Waals surface area contributed by atoms with Gasteiger partial charge in [0.2, 0.25) is 11.2 Å². The van der Waals surface area contributed by atoms with E-state index in [1.165, 1.54) is 10.6 Å². The molecule has 0 amide bonds. The van der Waals surface area contributed by atoms with Gasteiger partial charge in [0.15, 0.2) is 17.0 Å². The van der Waals surface area contributed by atoms with Crippen molar-refractivity contribution < 1.29 is 17.7 Å². The first-order valence-electron chi connectivity index (χ1n) is 11.0. The Hall–Kier alpha value is -3.41. The lowest BCUT2D eigenvalue weighted by atomic mass is 10.1. The van der Waals surface area contributed by atoms with E-state index in [2.05, 4.69) is 20.1 Å². The molecule has 0 aliphatic carbocycles. The Balaban J connectivity index is 1.46. The van der Waals surface area contributed by atoms with E-state index in [9.17, 15) is 22.8 Å². The number of imidazole rings is 1. The second-order valence-corrected chi connectivity index (χ2v) is 8.41. The number of nitrogens with zero attached hydrogens (tertiary/aromatic N) is 5. The average Bonchev–Trinajstić information content (AvgIpc) is 3.42. The number of hydrogen-bond acceptors (Lipinski definition) is 6. The Bertz CT molecular complexity index is 1450. The first-order chi connectivity index (χ1) is 16.7.